The third-order valence-electron chi connectivity index (χ3n) is 2.76. The van der Waals surface area contributed by atoms with Gasteiger partial charge in [-0.15, -0.1) is 11.3 Å². The van der Waals surface area contributed by atoms with Crippen LogP contribution in [0.25, 0.3) is 0 Å². The molecule has 0 saturated heterocycles. The quantitative estimate of drug-likeness (QED) is 0.798. The van der Waals surface area contributed by atoms with E-state index in [0.717, 1.165) is 10.4 Å². The predicted molar refractivity (Wildman–Crippen MR) is 72.4 cm³/mol. The van der Waals surface area contributed by atoms with Crippen molar-refractivity contribution in [1.82, 2.24) is 8.61 Å². The van der Waals surface area contributed by atoms with Crippen molar-refractivity contribution in [3.05, 3.63) is 21.9 Å². The first kappa shape index (κ1) is 14.6. The fourth-order valence-electron chi connectivity index (χ4n) is 1.60. The fraction of sp³-hybridized carbons (Fsp3) is 0.636. The van der Waals surface area contributed by atoms with Gasteiger partial charge in [0.25, 0.3) is 10.2 Å². The molecule has 0 bridgehead atoms. The number of nitrogens with zero attached hydrogens (tertiary/aromatic N) is 2. The van der Waals surface area contributed by atoms with Crippen molar-refractivity contribution >= 4 is 21.5 Å². The van der Waals surface area contributed by atoms with Crippen molar-refractivity contribution < 1.29 is 8.42 Å². The van der Waals surface area contributed by atoms with Crippen LogP contribution in [0, 0.1) is 6.92 Å². The third-order valence-corrected chi connectivity index (χ3v) is 5.85. The zero-order valence-electron chi connectivity index (χ0n) is 10.8. The minimum atomic E-state index is -3.32. The summed E-state index contributed by atoms with van der Waals surface area (Å²) < 4.78 is 27.3. The monoisotopic (exact) mass is 276 g/mol. The fourth-order valence-corrected chi connectivity index (χ4v) is 3.98. The highest BCUT2D eigenvalue weighted by Crippen LogP contribution is 2.19. The maximum absolute atomic E-state index is 12.2. The molecule has 0 amide bonds. The molecule has 1 aromatic heterocycles. The van der Waals surface area contributed by atoms with Crippen molar-refractivity contribution in [2.75, 3.05) is 20.1 Å². The van der Waals surface area contributed by atoms with Gasteiger partial charge in [0.05, 0.1) is 0 Å². The van der Waals surface area contributed by atoms with E-state index < -0.39 is 10.2 Å². The van der Waals surface area contributed by atoms with Gasteiger partial charge in [0.1, 0.15) is 0 Å². The highest BCUT2D eigenvalue weighted by atomic mass is 32.2. The summed E-state index contributed by atoms with van der Waals surface area (Å²) in [6, 6.07) is 2.01. The number of hydrogen-bond donors (Lipinski definition) is 0. The largest absolute Gasteiger partial charge is 0.282 e. The Morgan fingerprint density at radius 3 is 2.29 bits per heavy atom. The molecule has 6 heteroatoms. The van der Waals surface area contributed by atoms with Gasteiger partial charge in [-0.3, -0.25) is 0 Å². The maximum Gasteiger partial charge on any atom is 0.282 e. The van der Waals surface area contributed by atoms with Crippen LogP contribution in [-0.2, 0) is 16.8 Å². The summed E-state index contributed by atoms with van der Waals surface area (Å²) in [5.74, 6) is 0. The van der Waals surface area contributed by atoms with E-state index in [1.54, 1.807) is 18.4 Å². The summed E-state index contributed by atoms with van der Waals surface area (Å²) in [5.41, 5.74) is 1.15. The molecule has 0 saturated carbocycles. The highest BCUT2D eigenvalue weighted by Gasteiger charge is 2.24. The lowest BCUT2D eigenvalue weighted by Crippen LogP contribution is -2.41. The molecule has 1 aromatic rings. The third kappa shape index (κ3) is 3.28. The van der Waals surface area contributed by atoms with Gasteiger partial charge in [-0.25, -0.2) is 0 Å². The first-order valence-electron chi connectivity index (χ1n) is 5.67. The summed E-state index contributed by atoms with van der Waals surface area (Å²) in [6.07, 6.45) is 0. The summed E-state index contributed by atoms with van der Waals surface area (Å²) >= 11 is 1.60. The predicted octanol–water partition coefficient (Wildman–Crippen LogP) is 2.07. The molecule has 0 N–H and O–H groups in total. The second-order valence-corrected chi connectivity index (χ2v) is 6.91. The summed E-state index contributed by atoms with van der Waals surface area (Å²) in [6.45, 7) is 7.17. The second-order valence-electron chi connectivity index (χ2n) is 3.87. The Kier molecular flexibility index (Phi) is 5.12. The zero-order chi connectivity index (χ0) is 13.1. The SMILES string of the molecule is CCN(CC)S(=O)(=O)N(C)Cc1sccc1C. The Balaban J connectivity index is 2.83. The first-order chi connectivity index (χ1) is 7.93. The van der Waals surface area contributed by atoms with Gasteiger partial charge in [0.15, 0.2) is 0 Å². The number of rotatable bonds is 6. The van der Waals surface area contributed by atoms with Crippen molar-refractivity contribution in [1.29, 1.82) is 0 Å². The first-order valence-corrected chi connectivity index (χ1v) is 7.95. The molecule has 0 aliphatic heterocycles. The van der Waals surface area contributed by atoms with Gasteiger partial charge in [-0.2, -0.15) is 17.0 Å². The lowest BCUT2D eigenvalue weighted by Gasteiger charge is -2.25. The van der Waals surface area contributed by atoms with Crippen molar-refractivity contribution in [3.8, 4) is 0 Å². The molecule has 0 aromatic carbocycles. The molecular formula is C11H20N2O2S2. The number of thiophene rings is 1. The molecule has 0 radical (unpaired) electrons. The molecule has 1 rings (SSSR count). The van der Waals surface area contributed by atoms with Crippen LogP contribution >= 0.6 is 11.3 Å². The van der Waals surface area contributed by atoms with Crippen LogP contribution < -0.4 is 0 Å². The van der Waals surface area contributed by atoms with Gasteiger partial charge in [-0.1, -0.05) is 13.8 Å². The molecule has 98 valence electrons. The Morgan fingerprint density at radius 2 is 1.88 bits per heavy atom. The van der Waals surface area contributed by atoms with Crippen LogP contribution in [0.5, 0.6) is 0 Å². The summed E-state index contributed by atoms with van der Waals surface area (Å²) in [4.78, 5) is 1.10. The number of aryl methyl sites for hydroxylation is 1. The van der Waals surface area contributed by atoms with E-state index >= 15 is 0 Å². The maximum atomic E-state index is 12.2. The van der Waals surface area contributed by atoms with E-state index in [0.29, 0.717) is 19.6 Å². The minimum absolute atomic E-state index is 0.447. The Bertz CT molecular complexity index is 450. The lowest BCUT2D eigenvalue weighted by molar-refractivity contribution is 0.376. The van der Waals surface area contributed by atoms with Gasteiger partial charge >= 0.3 is 0 Å². The molecule has 0 aliphatic rings. The summed E-state index contributed by atoms with van der Waals surface area (Å²) in [7, 11) is -1.69. The molecule has 0 fully saturated rings. The lowest BCUT2D eigenvalue weighted by atomic mass is 10.3. The van der Waals surface area contributed by atoms with E-state index in [2.05, 4.69) is 0 Å². The molecular weight excluding hydrogens is 256 g/mol. The van der Waals surface area contributed by atoms with Crippen LogP contribution in [0.3, 0.4) is 0 Å². The zero-order valence-corrected chi connectivity index (χ0v) is 12.4. The number of hydrogen-bond acceptors (Lipinski definition) is 3. The van der Waals surface area contributed by atoms with Crippen LogP contribution in [0.15, 0.2) is 11.4 Å². The highest BCUT2D eigenvalue weighted by molar-refractivity contribution is 7.86. The van der Waals surface area contributed by atoms with Crippen molar-refractivity contribution in [2.24, 2.45) is 0 Å². The van der Waals surface area contributed by atoms with E-state index in [1.807, 2.05) is 32.2 Å². The van der Waals surface area contributed by atoms with Crippen LogP contribution in [0.4, 0.5) is 0 Å². The smallest absolute Gasteiger partial charge is 0.195 e. The molecule has 4 nitrogen and oxygen atoms in total. The van der Waals surface area contributed by atoms with Crippen LogP contribution in [0.2, 0.25) is 0 Å². The van der Waals surface area contributed by atoms with E-state index in [9.17, 15) is 8.42 Å². The van der Waals surface area contributed by atoms with Crippen LogP contribution in [0.1, 0.15) is 24.3 Å². The standard InChI is InChI=1S/C11H20N2O2S2/c1-5-13(6-2)17(14,15)12(4)9-11-10(3)7-8-16-11/h7-8H,5-6,9H2,1-4H3. The van der Waals surface area contributed by atoms with Crippen molar-refractivity contribution in [3.63, 3.8) is 0 Å². The van der Waals surface area contributed by atoms with E-state index in [1.165, 1.54) is 8.61 Å². The van der Waals surface area contributed by atoms with Gasteiger partial charge in [0, 0.05) is 31.6 Å². The molecule has 0 atom stereocenters. The molecule has 0 spiro atoms. The molecule has 1 heterocycles. The molecule has 17 heavy (non-hydrogen) atoms. The summed E-state index contributed by atoms with van der Waals surface area (Å²) in [5, 5.41) is 1.99. The van der Waals surface area contributed by atoms with Gasteiger partial charge < -0.3 is 0 Å². The van der Waals surface area contributed by atoms with Crippen molar-refractivity contribution in [2.45, 2.75) is 27.3 Å². The minimum Gasteiger partial charge on any atom is -0.195 e. The average Bonchev–Trinajstić information content (AvgIpc) is 2.65. The van der Waals surface area contributed by atoms with Gasteiger partial charge in [-0.05, 0) is 23.9 Å². The normalized spacial score (nSPS) is 12.6. The van der Waals surface area contributed by atoms with E-state index in [4.69, 9.17) is 0 Å². The topological polar surface area (TPSA) is 40.6 Å². The molecule has 0 unspecified atom stereocenters. The Labute approximate surface area is 108 Å². The molecule has 0 aliphatic carbocycles. The second kappa shape index (κ2) is 5.95. The average molecular weight is 276 g/mol. The van der Waals surface area contributed by atoms with Gasteiger partial charge in [0.2, 0.25) is 0 Å². The van der Waals surface area contributed by atoms with E-state index in [-0.39, 0.29) is 0 Å². The Hall–Kier alpha value is -0.430. The van der Waals surface area contributed by atoms with Crippen LogP contribution in [-0.4, -0.2) is 37.2 Å². The Morgan fingerprint density at radius 1 is 1.29 bits per heavy atom.